The van der Waals surface area contributed by atoms with Crippen LogP contribution in [0, 0.1) is 23.7 Å². The summed E-state index contributed by atoms with van der Waals surface area (Å²) in [5, 5.41) is 2.47. The maximum absolute atomic E-state index is 5.36. The molecule has 9 aromatic rings. The van der Waals surface area contributed by atoms with Crippen LogP contribution in [0.15, 0.2) is 170 Å². The molecule has 1 spiro atoms. The molecule has 2 aromatic heterocycles. The first-order valence-electron chi connectivity index (χ1n) is 21.5. The van der Waals surface area contributed by atoms with Gasteiger partial charge < -0.3 is 4.57 Å². The van der Waals surface area contributed by atoms with E-state index < -0.39 is 0 Å². The molecular weight excluding hydrogens is 717 g/mol. The van der Waals surface area contributed by atoms with Gasteiger partial charge in [-0.25, -0.2) is 15.0 Å². The Labute approximate surface area is 344 Å². The van der Waals surface area contributed by atoms with E-state index in [0.29, 0.717) is 23.5 Å². The Hall–Kier alpha value is -6.65. The Bertz CT molecular complexity index is 3100. The van der Waals surface area contributed by atoms with Crippen molar-refractivity contribution in [1.29, 1.82) is 0 Å². The molecule has 4 bridgehead atoms. The van der Waals surface area contributed by atoms with Gasteiger partial charge in [-0.15, -0.1) is 0 Å². The fourth-order valence-corrected chi connectivity index (χ4v) is 12.6. The van der Waals surface area contributed by atoms with Gasteiger partial charge >= 0.3 is 0 Å². The molecule has 7 aromatic carbocycles. The van der Waals surface area contributed by atoms with Crippen LogP contribution in [0.5, 0.6) is 0 Å². The van der Waals surface area contributed by atoms with Crippen LogP contribution in [0.2, 0.25) is 0 Å². The lowest BCUT2D eigenvalue weighted by Gasteiger charge is -2.61. The van der Waals surface area contributed by atoms with Crippen molar-refractivity contribution in [3.05, 3.63) is 181 Å². The zero-order valence-electron chi connectivity index (χ0n) is 32.8. The summed E-state index contributed by atoms with van der Waals surface area (Å²) < 4.78 is 2.38. The molecule has 0 aliphatic heterocycles. The topological polar surface area (TPSA) is 43.6 Å². The van der Waals surface area contributed by atoms with Crippen molar-refractivity contribution in [2.75, 3.05) is 0 Å². The summed E-state index contributed by atoms with van der Waals surface area (Å²) in [5.74, 6) is 5.28. The van der Waals surface area contributed by atoms with Crippen LogP contribution >= 0.6 is 0 Å². The monoisotopic (exact) mass is 758 g/mol. The molecule has 5 aliphatic rings. The highest BCUT2D eigenvalue weighted by Crippen LogP contribution is 2.69. The molecule has 2 heterocycles. The van der Waals surface area contributed by atoms with Crippen LogP contribution < -0.4 is 0 Å². The second kappa shape index (κ2) is 12.7. The molecule has 0 saturated heterocycles. The number of para-hydroxylation sites is 2. The Morgan fingerprint density at radius 3 is 1.75 bits per heavy atom. The summed E-state index contributed by atoms with van der Waals surface area (Å²) in [6, 6.07) is 61.7. The summed E-state index contributed by atoms with van der Waals surface area (Å²) in [7, 11) is 0. The van der Waals surface area contributed by atoms with Gasteiger partial charge in [0.1, 0.15) is 0 Å². The van der Waals surface area contributed by atoms with E-state index in [-0.39, 0.29) is 5.41 Å². The Morgan fingerprint density at radius 1 is 0.407 bits per heavy atom. The zero-order valence-corrected chi connectivity index (χ0v) is 32.8. The minimum absolute atomic E-state index is 0.0759. The number of hydrogen-bond donors (Lipinski definition) is 0. The summed E-state index contributed by atoms with van der Waals surface area (Å²) in [5.41, 5.74) is 14.9. The van der Waals surface area contributed by atoms with Gasteiger partial charge in [-0.2, -0.15) is 0 Å². The molecule has 4 saturated carbocycles. The molecule has 5 aliphatic carbocycles. The Kier molecular flexibility index (Phi) is 7.16. The highest BCUT2D eigenvalue weighted by molar-refractivity contribution is 6.15. The van der Waals surface area contributed by atoms with Crippen molar-refractivity contribution in [3.63, 3.8) is 0 Å². The van der Waals surface area contributed by atoms with E-state index in [4.69, 9.17) is 15.0 Å². The van der Waals surface area contributed by atoms with Gasteiger partial charge in [0.2, 0.25) is 0 Å². The summed E-state index contributed by atoms with van der Waals surface area (Å²) in [4.78, 5) is 15.8. The van der Waals surface area contributed by atoms with Crippen LogP contribution in [0.1, 0.15) is 43.2 Å². The highest BCUT2D eigenvalue weighted by Gasteiger charge is 2.61. The standard InChI is InChI=1S/C55H42N4/c1-3-13-36(14-4-1)52-56-53(38-16-11-15-37(32-38)43-21-12-24-50-51(43)46-20-8-10-23-49(46)59(50)42-17-5-2-6-18-42)58-54(57-52)39-25-26-45-44-19-7-9-22-47(44)55(48(45)33-39)40-28-34-27-35(30-40)31-41(55)29-34/h1-26,32-35,40-41H,27-31H2. The van der Waals surface area contributed by atoms with Crippen molar-refractivity contribution in [1.82, 2.24) is 19.5 Å². The van der Waals surface area contributed by atoms with Gasteiger partial charge in [-0.3, -0.25) is 0 Å². The highest BCUT2D eigenvalue weighted by atomic mass is 15.0. The third-order valence-corrected chi connectivity index (χ3v) is 14.6. The van der Waals surface area contributed by atoms with E-state index in [2.05, 4.69) is 168 Å². The molecule has 0 unspecified atom stereocenters. The van der Waals surface area contributed by atoms with E-state index >= 15 is 0 Å². The predicted octanol–water partition coefficient (Wildman–Crippen LogP) is 13.4. The number of rotatable bonds is 5. The molecule has 4 nitrogen and oxygen atoms in total. The SMILES string of the molecule is c1ccc(-c2nc(-c3cccc(-c4cccc5c4c4ccccc4n5-c4ccccc4)c3)nc(-c3ccc4c(c3)C3(c5ccccc5-4)C4CC5CC(C4)CC3C5)n2)cc1. The number of fused-ring (bicyclic) bond motifs is 6. The zero-order chi connectivity index (χ0) is 38.7. The predicted molar refractivity (Wildman–Crippen MR) is 239 cm³/mol. The van der Waals surface area contributed by atoms with Gasteiger partial charge in [0.15, 0.2) is 17.5 Å². The van der Waals surface area contributed by atoms with Crippen LogP contribution in [0.3, 0.4) is 0 Å². The number of benzene rings is 7. The quantitative estimate of drug-likeness (QED) is 0.176. The van der Waals surface area contributed by atoms with Crippen LogP contribution in [0.25, 0.3) is 83.9 Å². The molecule has 0 atom stereocenters. The lowest BCUT2D eigenvalue weighted by atomic mass is 9.43. The fourth-order valence-electron chi connectivity index (χ4n) is 12.6. The maximum atomic E-state index is 5.36. The summed E-state index contributed by atoms with van der Waals surface area (Å²) in [6.07, 6.45) is 6.87. The van der Waals surface area contributed by atoms with E-state index in [9.17, 15) is 0 Å². The normalized spacial score (nSPS) is 22.3. The third-order valence-electron chi connectivity index (χ3n) is 14.6. The van der Waals surface area contributed by atoms with E-state index in [1.165, 1.54) is 76.2 Å². The first kappa shape index (κ1) is 33.3. The smallest absolute Gasteiger partial charge is 0.164 e. The Balaban J connectivity index is 0.976. The number of hydrogen-bond acceptors (Lipinski definition) is 3. The molecule has 282 valence electrons. The molecule has 14 rings (SSSR count). The largest absolute Gasteiger partial charge is 0.309 e. The fraction of sp³-hybridized carbons (Fsp3) is 0.182. The van der Waals surface area contributed by atoms with Crippen molar-refractivity contribution in [2.45, 2.75) is 37.5 Å². The lowest BCUT2D eigenvalue weighted by molar-refractivity contribution is -0.0399. The molecule has 0 N–H and O–H groups in total. The summed E-state index contributed by atoms with van der Waals surface area (Å²) >= 11 is 0. The second-order valence-electron chi connectivity index (χ2n) is 17.6. The number of aromatic nitrogens is 4. The van der Waals surface area contributed by atoms with Gasteiger partial charge in [0.05, 0.1) is 11.0 Å². The van der Waals surface area contributed by atoms with Gasteiger partial charge in [-0.1, -0.05) is 133 Å². The summed E-state index contributed by atoms with van der Waals surface area (Å²) in [6.45, 7) is 0. The minimum atomic E-state index is 0.0759. The van der Waals surface area contributed by atoms with Gasteiger partial charge in [0, 0.05) is 38.6 Å². The molecular formula is C55H42N4. The first-order valence-corrected chi connectivity index (χ1v) is 21.5. The van der Waals surface area contributed by atoms with Crippen molar-refractivity contribution < 1.29 is 0 Å². The Morgan fingerprint density at radius 2 is 0.966 bits per heavy atom. The van der Waals surface area contributed by atoms with E-state index in [0.717, 1.165) is 45.6 Å². The maximum Gasteiger partial charge on any atom is 0.164 e. The number of nitrogens with zero attached hydrogens (tertiary/aromatic N) is 4. The molecule has 0 radical (unpaired) electrons. The van der Waals surface area contributed by atoms with Crippen molar-refractivity contribution >= 4 is 21.8 Å². The van der Waals surface area contributed by atoms with Crippen LogP contribution in [0.4, 0.5) is 0 Å². The molecule has 0 amide bonds. The third kappa shape index (κ3) is 4.86. The molecule has 4 fully saturated rings. The van der Waals surface area contributed by atoms with Gasteiger partial charge in [0.25, 0.3) is 0 Å². The second-order valence-corrected chi connectivity index (χ2v) is 17.6. The average Bonchev–Trinajstić information content (AvgIpc) is 3.79. The van der Waals surface area contributed by atoms with Crippen LogP contribution in [-0.4, -0.2) is 19.5 Å². The van der Waals surface area contributed by atoms with Crippen molar-refractivity contribution in [3.8, 4) is 62.1 Å². The van der Waals surface area contributed by atoms with E-state index in [1.54, 1.807) is 5.56 Å². The molecule has 4 heteroatoms. The molecule has 59 heavy (non-hydrogen) atoms. The van der Waals surface area contributed by atoms with Crippen LogP contribution in [-0.2, 0) is 5.41 Å². The van der Waals surface area contributed by atoms with Crippen molar-refractivity contribution in [2.24, 2.45) is 23.7 Å². The van der Waals surface area contributed by atoms with Gasteiger partial charge in [-0.05, 0) is 126 Å². The first-order chi connectivity index (χ1) is 29.2. The average molecular weight is 759 g/mol. The lowest BCUT2D eigenvalue weighted by Crippen LogP contribution is -2.55. The minimum Gasteiger partial charge on any atom is -0.309 e. The van der Waals surface area contributed by atoms with E-state index in [1.807, 2.05) is 6.07 Å².